The molecule has 0 saturated carbocycles. The zero-order valence-corrected chi connectivity index (χ0v) is 9.58. The summed E-state index contributed by atoms with van der Waals surface area (Å²) < 4.78 is 0. The van der Waals surface area contributed by atoms with Crippen molar-refractivity contribution in [2.75, 3.05) is 6.54 Å². The first-order valence-corrected chi connectivity index (χ1v) is 5.56. The number of hydrogen-bond acceptors (Lipinski definition) is 4. The number of carbonyl (C=O) groups excluding carboxylic acids is 2. The molecule has 0 spiro atoms. The van der Waals surface area contributed by atoms with Crippen LogP contribution >= 0.6 is 11.8 Å². The van der Waals surface area contributed by atoms with Crippen LogP contribution in [0.1, 0.15) is 13.3 Å². The van der Waals surface area contributed by atoms with Crippen molar-refractivity contribution in [3.63, 3.8) is 0 Å². The van der Waals surface area contributed by atoms with Crippen LogP contribution in [0.3, 0.4) is 0 Å². The summed E-state index contributed by atoms with van der Waals surface area (Å²) >= 11 is 1.09. The third-order valence-electron chi connectivity index (χ3n) is 1.70. The maximum Gasteiger partial charge on any atom is 0.262 e. The van der Waals surface area contributed by atoms with Crippen LogP contribution in [0.2, 0.25) is 0 Å². The minimum atomic E-state index is -0.523. The summed E-state index contributed by atoms with van der Waals surface area (Å²) in [5, 5.41) is 2.29. The summed E-state index contributed by atoms with van der Waals surface area (Å²) in [5.74, 6) is -0.719. The molecule has 8 heteroatoms. The van der Waals surface area contributed by atoms with Gasteiger partial charge < -0.3 is 16.8 Å². The molecule has 0 unspecified atom stereocenters. The normalized spacial score (nSPS) is 19.2. The van der Waals surface area contributed by atoms with E-state index in [4.69, 9.17) is 11.5 Å². The van der Waals surface area contributed by atoms with E-state index >= 15 is 0 Å². The second-order valence-corrected chi connectivity index (χ2v) is 4.20. The number of amides is 2. The number of guanidine groups is 1. The van der Waals surface area contributed by atoms with Gasteiger partial charge in [-0.15, -0.1) is 0 Å². The summed E-state index contributed by atoms with van der Waals surface area (Å²) in [7, 11) is 0. The van der Waals surface area contributed by atoms with E-state index < -0.39 is 5.25 Å². The van der Waals surface area contributed by atoms with Crippen LogP contribution in [-0.4, -0.2) is 34.7 Å². The van der Waals surface area contributed by atoms with Crippen molar-refractivity contribution < 1.29 is 9.59 Å². The van der Waals surface area contributed by atoms with Gasteiger partial charge in [-0.1, -0.05) is 11.8 Å². The Kier molecular flexibility index (Phi) is 4.29. The van der Waals surface area contributed by atoms with Crippen LogP contribution in [0.4, 0.5) is 0 Å². The zero-order chi connectivity index (χ0) is 12.1. The van der Waals surface area contributed by atoms with Crippen molar-refractivity contribution in [3.8, 4) is 0 Å². The first kappa shape index (κ1) is 12.5. The lowest BCUT2D eigenvalue weighted by Gasteiger charge is -2.05. The van der Waals surface area contributed by atoms with E-state index in [1.807, 2.05) is 6.92 Å². The highest BCUT2D eigenvalue weighted by atomic mass is 32.2. The number of rotatable bonds is 3. The molecular formula is C8H13N5O2S. The summed E-state index contributed by atoms with van der Waals surface area (Å²) in [6.07, 6.45) is 0.0876. The van der Waals surface area contributed by atoms with Gasteiger partial charge in [-0.3, -0.25) is 9.59 Å². The van der Waals surface area contributed by atoms with Crippen LogP contribution < -0.4 is 16.8 Å². The van der Waals surface area contributed by atoms with Crippen molar-refractivity contribution in [3.05, 3.63) is 0 Å². The standard InChI is InChI=1S/C8H13N5O2S/c1-2-11-5(14)3-4-6(15)12-8(16-4)13-7(9)10/h4H,2-3H2,1H3,(H,11,14)(H4,9,10,12,13,15)/t4-/m1/s1. The molecule has 1 aliphatic rings. The maximum absolute atomic E-state index is 11.4. The van der Waals surface area contributed by atoms with Crippen LogP contribution in [0.25, 0.3) is 0 Å². The lowest BCUT2D eigenvalue weighted by Crippen LogP contribution is -2.27. The van der Waals surface area contributed by atoms with Crippen molar-refractivity contribution in [1.29, 1.82) is 0 Å². The van der Waals surface area contributed by atoms with E-state index in [1.165, 1.54) is 0 Å². The number of carbonyl (C=O) groups is 2. The van der Waals surface area contributed by atoms with Crippen molar-refractivity contribution >= 4 is 34.7 Å². The van der Waals surface area contributed by atoms with Gasteiger partial charge in [-0.05, 0) is 6.92 Å². The van der Waals surface area contributed by atoms with Crippen LogP contribution in [0.5, 0.6) is 0 Å². The fraction of sp³-hybridized carbons (Fsp3) is 0.500. The molecular weight excluding hydrogens is 230 g/mol. The fourth-order valence-electron chi connectivity index (χ4n) is 1.10. The van der Waals surface area contributed by atoms with Crippen molar-refractivity contribution in [2.45, 2.75) is 18.6 Å². The topological polar surface area (TPSA) is 123 Å². The maximum atomic E-state index is 11.4. The van der Waals surface area contributed by atoms with Crippen LogP contribution in [0.15, 0.2) is 9.98 Å². The van der Waals surface area contributed by atoms with Gasteiger partial charge in [-0.25, -0.2) is 0 Å². The summed E-state index contributed by atoms with van der Waals surface area (Å²) in [6, 6.07) is 0. The molecule has 1 aliphatic heterocycles. The Hall–Kier alpha value is -1.57. The predicted molar refractivity (Wildman–Crippen MR) is 62.9 cm³/mol. The molecule has 1 rings (SSSR count). The average molecular weight is 243 g/mol. The molecule has 5 N–H and O–H groups in total. The molecule has 0 saturated heterocycles. The second-order valence-electron chi connectivity index (χ2n) is 3.03. The van der Waals surface area contributed by atoms with Crippen molar-refractivity contribution in [1.82, 2.24) is 5.32 Å². The summed E-state index contributed by atoms with van der Waals surface area (Å²) in [6.45, 7) is 2.34. The smallest absolute Gasteiger partial charge is 0.262 e. The molecule has 0 aliphatic carbocycles. The Morgan fingerprint density at radius 1 is 1.62 bits per heavy atom. The van der Waals surface area contributed by atoms with Gasteiger partial charge in [0.05, 0.1) is 0 Å². The first-order valence-electron chi connectivity index (χ1n) is 4.68. The molecule has 0 radical (unpaired) electrons. The van der Waals surface area contributed by atoms with Crippen LogP contribution in [-0.2, 0) is 9.59 Å². The number of nitrogens with two attached hydrogens (primary N) is 2. The molecule has 1 atom stereocenters. The monoisotopic (exact) mass is 243 g/mol. The van der Waals surface area contributed by atoms with E-state index in [2.05, 4.69) is 15.3 Å². The quantitative estimate of drug-likeness (QED) is 0.423. The number of aliphatic imine (C=N–C) groups is 2. The van der Waals surface area contributed by atoms with Crippen molar-refractivity contribution in [2.24, 2.45) is 21.5 Å². The lowest BCUT2D eigenvalue weighted by atomic mass is 10.3. The average Bonchev–Trinajstić information content (AvgIpc) is 2.45. The number of amidine groups is 1. The molecule has 0 aromatic rings. The lowest BCUT2D eigenvalue weighted by molar-refractivity contribution is -0.124. The zero-order valence-electron chi connectivity index (χ0n) is 8.77. The Balaban J connectivity index is 2.54. The fourth-order valence-corrected chi connectivity index (χ4v) is 2.04. The van der Waals surface area contributed by atoms with E-state index in [0.29, 0.717) is 6.54 Å². The van der Waals surface area contributed by atoms with Gasteiger partial charge >= 0.3 is 0 Å². The third kappa shape index (κ3) is 3.54. The molecule has 7 nitrogen and oxygen atoms in total. The number of nitrogens with zero attached hydrogens (tertiary/aromatic N) is 2. The van der Waals surface area contributed by atoms with Gasteiger partial charge in [-0.2, -0.15) is 9.98 Å². The van der Waals surface area contributed by atoms with Crippen LogP contribution in [0, 0.1) is 0 Å². The second kappa shape index (κ2) is 5.50. The van der Waals surface area contributed by atoms with Gasteiger partial charge in [0.1, 0.15) is 5.25 Å². The Morgan fingerprint density at radius 3 is 2.88 bits per heavy atom. The third-order valence-corrected chi connectivity index (χ3v) is 2.74. The molecule has 0 fully saturated rings. The molecule has 0 aromatic carbocycles. The molecule has 88 valence electrons. The van der Waals surface area contributed by atoms with E-state index in [0.717, 1.165) is 11.8 Å². The first-order chi connectivity index (χ1) is 7.52. The molecule has 0 aromatic heterocycles. The Bertz CT molecular complexity index is 361. The highest BCUT2D eigenvalue weighted by Crippen LogP contribution is 2.25. The van der Waals surface area contributed by atoms with E-state index in [-0.39, 0.29) is 29.4 Å². The predicted octanol–water partition coefficient (Wildman–Crippen LogP) is -1.22. The number of hydrogen-bond donors (Lipinski definition) is 3. The largest absolute Gasteiger partial charge is 0.370 e. The molecule has 0 bridgehead atoms. The van der Waals surface area contributed by atoms with Gasteiger partial charge in [0.15, 0.2) is 11.1 Å². The molecule has 2 amide bonds. The van der Waals surface area contributed by atoms with E-state index in [1.54, 1.807) is 0 Å². The van der Waals surface area contributed by atoms with Gasteiger partial charge in [0.25, 0.3) is 5.91 Å². The van der Waals surface area contributed by atoms with E-state index in [9.17, 15) is 9.59 Å². The number of thioether (sulfide) groups is 1. The highest BCUT2D eigenvalue weighted by Gasteiger charge is 2.30. The van der Waals surface area contributed by atoms with Gasteiger partial charge in [0.2, 0.25) is 5.91 Å². The SMILES string of the molecule is CCNC(=O)C[C@H]1SC(N=C(N)N)=NC1=O. The Morgan fingerprint density at radius 2 is 2.31 bits per heavy atom. The highest BCUT2D eigenvalue weighted by molar-refractivity contribution is 8.15. The minimum absolute atomic E-state index is 0.0876. The minimum Gasteiger partial charge on any atom is -0.370 e. The summed E-state index contributed by atoms with van der Waals surface area (Å²) in [5.41, 5.74) is 10.3. The summed E-state index contributed by atoms with van der Waals surface area (Å²) in [4.78, 5) is 29.9. The number of nitrogens with one attached hydrogen (secondary N) is 1. The molecule has 16 heavy (non-hydrogen) atoms. The Labute approximate surface area is 96.8 Å². The molecule has 1 heterocycles. The van der Waals surface area contributed by atoms with Gasteiger partial charge in [0, 0.05) is 13.0 Å².